The fraction of sp³-hybridized carbons (Fsp3) is 0.533. The predicted octanol–water partition coefficient (Wildman–Crippen LogP) is 0.863. The maximum absolute atomic E-state index is 12.2. The molecule has 8 nitrogen and oxygen atoms in total. The van der Waals surface area contributed by atoms with E-state index in [9.17, 15) is 8.42 Å². The van der Waals surface area contributed by atoms with Gasteiger partial charge in [-0.05, 0) is 12.8 Å². The van der Waals surface area contributed by atoms with E-state index >= 15 is 0 Å². The molecule has 0 atom stereocenters. The zero-order chi connectivity index (χ0) is 17.3. The highest BCUT2D eigenvalue weighted by molar-refractivity contribution is 7.86. The average Bonchev–Trinajstić information content (AvgIpc) is 3.01. The zero-order valence-corrected chi connectivity index (χ0v) is 14.9. The third-order valence-electron chi connectivity index (χ3n) is 4.41. The van der Waals surface area contributed by atoms with Crippen LogP contribution in [0.1, 0.15) is 24.5 Å². The lowest BCUT2D eigenvalue weighted by molar-refractivity contribution is 0.300. The predicted molar refractivity (Wildman–Crippen MR) is 90.4 cm³/mol. The van der Waals surface area contributed by atoms with Crippen molar-refractivity contribution in [3.05, 3.63) is 30.6 Å². The minimum absolute atomic E-state index is 0.192. The summed E-state index contributed by atoms with van der Waals surface area (Å²) in [6.07, 6.45) is 8.35. The van der Waals surface area contributed by atoms with Crippen LogP contribution < -0.4 is 0 Å². The van der Waals surface area contributed by atoms with Gasteiger partial charge in [0, 0.05) is 52.5 Å². The van der Waals surface area contributed by atoms with Gasteiger partial charge in [0.2, 0.25) is 0 Å². The molecule has 0 unspecified atom stereocenters. The largest absolute Gasteiger partial charge is 0.332 e. The first kappa shape index (κ1) is 17.0. The van der Waals surface area contributed by atoms with Crippen LogP contribution in [0.5, 0.6) is 0 Å². The molecule has 0 aliphatic carbocycles. The van der Waals surface area contributed by atoms with Crippen LogP contribution in [0.25, 0.3) is 11.4 Å². The summed E-state index contributed by atoms with van der Waals surface area (Å²) >= 11 is 0. The lowest BCUT2D eigenvalue weighted by Crippen LogP contribution is -2.44. The molecule has 0 saturated carbocycles. The van der Waals surface area contributed by atoms with Crippen molar-refractivity contribution in [1.29, 1.82) is 0 Å². The molecule has 1 aliphatic heterocycles. The number of piperidine rings is 1. The Hall–Kier alpha value is -1.84. The summed E-state index contributed by atoms with van der Waals surface area (Å²) in [5.41, 5.74) is 2.66. The van der Waals surface area contributed by atoms with Crippen molar-refractivity contribution in [2.45, 2.75) is 18.8 Å². The number of aryl methyl sites for hydroxylation is 1. The second-order valence-corrected chi connectivity index (χ2v) is 8.29. The Balaban J connectivity index is 1.82. The van der Waals surface area contributed by atoms with Crippen LogP contribution in [0.4, 0.5) is 0 Å². The first-order valence-corrected chi connectivity index (χ1v) is 9.26. The van der Waals surface area contributed by atoms with E-state index in [1.165, 1.54) is 8.61 Å². The topological polar surface area (TPSA) is 84.2 Å². The Kier molecular flexibility index (Phi) is 4.66. The molecule has 130 valence electrons. The molecular formula is C15H22N6O2S. The Morgan fingerprint density at radius 1 is 1.17 bits per heavy atom. The lowest BCUT2D eigenvalue weighted by Gasteiger charge is -2.32. The van der Waals surface area contributed by atoms with Crippen molar-refractivity contribution < 1.29 is 8.42 Å². The van der Waals surface area contributed by atoms with E-state index in [0.29, 0.717) is 13.1 Å². The van der Waals surface area contributed by atoms with Gasteiger partial charge in [-0.2, -0.15) is 17.0 Å². The molecule has 0 bridgehead atoms. The monoisotopic (exact) mass is 350 g/mol. The van der Waals surface area contributed by atoms with Crippen molar-refractivity contribution in [2.75, 3.05) is 27.2 Å². The molecule has 1 saturated heterocycles. The quantitative estimate of drug-likeness (QED) is 0.817. The minimum Gasteiger partial charge on any atom is -0.332 e. The van der Waals surface area contributed by atoms with Gasteiger partial charge in [0.05, 0.1) is 23.9 Å². The number of rotatable bonds is 4. The van der Waals surface area contributed by atoms with E-state index in [-0.39, 0.29) is 5.92 Å². The summed E-state index contributed by atoms with van der Waals surface area (Å²) in [7, 11) is 1.69. The summed E-state index contributed by atoms with van der Waals surface area (Å²) in [6, 6.07) is 0. The number of nitrogens with zero attached hydrogens (tertiary/aromatic N) is 6. The first-order chi connectivity index (χ1) is 11.4. The maximum Gasteiger partial charge on any atom is 0.281 e. The van der Waals surface area contributed by atoms with E-state index < -0.39 is 10.2 Å². The molecule has 0 aromatic carbocycles. The van der Waals surface area contributed by atoms with E-state index in [0.717, 1.165) is 29.9 Å². The van der Waals surface area contributed by atoms with Gasteiger partial charge in [0.1, 0.15) is 5.69 Å². The third-order valence-corrected chi connectivity index (χ3v) is 6.35. The summed E-state index contributed by atoms with van der Waals surface area (Å²) in [5, 5.41) is 0. The lowest BCUT2D eigenvalue weighted by atomic mass is 9.92. The summed E-state index contributed by atoms with van der Waals surface area (Å²) in [5.74, 6) is 0.192. The highest BCUT2D eigenvalue weighted by atomic mass is 32.2. The second kappa shape index (κ2) is 6.58. The molecule has 0 N–H and O–H groups in total. The molecule has 3 heterocycles. The van der Waals surface area contributed by atoms with Gasteiger partial charge in [-0.15, -0.1) is 0 Å². The van der Waals surface area contributed by atoms with Gasteiger partial charge in [-0.25, -0.2) is 4.98 Å². The van der Waals surface area contributed by atoms with Crippen LogP contribution >= 0.6 is 0 Å². The fourth-order valence-corrected chi connectivity index (χ4v) is 4.16. The van der Waals surface area contributed by atoms with Crippen molar-refractivity contribution >= 4 is 10.2 Å². The highest BCUT2D eigenvalue weighted by Gasteiger charge is 2.32. The van der Waals surface area contributed by atoms with Gasteiger partial charge in [-0.3, -0.25) is 9.97 Å². The second-order valence-electron chi connectivity index (χ2n) is 6.14. The molecule has 2 aromatic rings. The zero-order valence-electron chi connectivity index (χ0n) is 14.1. The molecule has 1 aliphatic rings. The average molecular weight is 350 g/mol. The van der Waals surface area contributed by atoms with E-state index in [1.807, 2.05) is 11.6 Å². The normalized spacial score (nSPS) is 17.5. The number of aromatic nitrogens is 4. The smallest absolute Gasteiger partial charge is 0.281 e. The van der Waals surface area contributed by atoms with E-state index in [2.05, 4.69) is 15.0 Å². The Morgan fingerprint density at radius 2 is 1.83 bits per heavy atom. The molecule has 24 heavy (non-hydrogen) atoms. The number of imidazole rings is 1. The Labute approximate surface area is 142 Å². The minimum atomic E-state index is -3.35. The highest BCUT2D eigenvalue weighted by Crippen LogP contribution is 2.33. The van der Waals surface area contributed by atoms with Crippen LogP contribution in [0, 0.1) is 0 Å². The van der Waals surface area contributed by atoms with Crippen LogP contribution in [-0.4, -0.2) is 63.7 Å². The standard InChI is InChI=1S/C15H22N6O2S/c1-19(2)24(22,23)21-8-4-12(5-9-21)14-15(18-7-6-17-14)13-10-16-11-20(13)3/h6-7,10-12H,4-5,8-9H2,1-3H3. The van der Waals surface area contributed by atoms with Crippen molar-refractivity contribution in [3.63, 3.8) is 0 Å². The first-order valence-electron chi connectivity index (χ1n) is 7.86. The SMILES string of the molecule is CN(C)S(=O)(=O)N1CCC(c2nccnc2-c2cncn2C)CC1. The van der Waals surface area contributed by atoms with Gasteiger partial charge in [0.25, 0.3) is 10.2 Å². The van der Waals surface area contributed by atoms with Crippen LogP contribution in [0.3, 0.4) is 0 Å². The molecule has 3 rings (SSSR count). The van der Waals surface area contributed by atoms with Gasteiger partial charge >= 0.3 is 0 Å². The Bertz CT molecular complexity index is 809. The van der Waals surface area contributed by atoms with Gasteiger partial charge < -0.3 is 4.57 Å². The molecule has 0 amide bonds. The summed E-state index contributed by atoms with van der Waals surface area (Å²) in [4.78, 5) is 13.2. The van der Waals surface area contributed by atoms with Crippen molar-refractivity contribution in [1.82, 2.24) is 28.1 Å². The maximum atomic E-state index is 12.2. The van der Waals surface area contributed by atoms with Crippen LogP contribution in [0.15, 0.2) is 24.9 Å². The molecule has 2 aromatic heterocycles. The summed E-state index contributed by atoms with van der Waals surface area (Å²) in [6.45, 7) is 0.985. The number of hydrogen-bond acceptors (Lipinski definition) is 5. The molecular weight excluding hydrogens is 328 g/mol. The van der Waals surface area contributed by atoms with Crippen LogP contribution in [-0.2, 0) is 17.3 Å². The third kappa shape index (κ3) is 3.06. The number of hydrogen-bond donors (Lipinski definition) is 0. The van der Waals surface area contributed by atoms with Gasteiger partial charge in [0.15, 0.2) is 0 Å². The molecule has 1 fully saturated rings. The molecule has 0 spiro atoms. The Morgan fingerprint density at radius 3 is 2.42 bits per heavy atom. The molecule has 0 radical (unpaired) electrons. The summed E-state index contributed by atoms with van der Waals surface area (Å²) < 4.78 is 29.2. The van der Waals surface area contributed by atoms with Crippen molar-refractivity contribution in [3.8, 4) is 11.4 Å². The van der Waals surface area contributed by atoms with Crippen LogP contribution in [0.2, 0.25) is 0 Å². The van der Waals surface area contributed by atoms with Crippen molar-refractivity contribution in [2.24, 2.45) is 7.05 Å². The fourth-order valence-electron chi connectivity index (χ4n) is 3.02. The van der Waals surface area contributed by atoms with Gasteiger partial charge in [-0.1, -0.05) is 0 Å². The van der Waals surface area contributed by atoms with E-state index in [4.69, 9.17) is 0 Å². The molecule has 9 heteroatoms. The van der Waals surface area contributed by atoms with E-state index in [1.54, 1.807) is 39.0 Å².